The number of benzene rings is 1. The molecule has 0 aromatic heterocycles. The highest BCUT2D eigenvalue weighted by molar-refractivity contribution is 5.77. The maximum atomic E-state index is 11.4. The van der Waals surface area contributed by atoms with Gasteiger partial charge in [-0.15, -0.1) is 0 Å². The van der Waals surface area contributed by atoms with Gasteiger partial charge in [-0.1, -0.05) is 12.1 Å². The van der Waals surface area contributed by atoms with Crippen LogP contribution in [0.1, 0.15) is 12.0 Å². The highest BCUT2D eigenvalue weighted by atomic mass is 16.5. The Kier molecular flexibility index (Phi) is 6.30. The first-order valence-corrected chi connectivity index (χ1v) is 5.65. The van der Waals surface area contributed by atoms with Gasteiger partial charge in [0, 0.05) is 20.3 Å². The van der Waals surface area contributed by atoms with E-state index in [2.05, 4.69) is 5.32 Å². The van der Waals surface area contributed by atoms with E-state index in [-0.39, 0.29) is 12.5 Å². The zero-order chi connectivity index (χ0) is 13.2. The number of ether oxygens (including phenoxy) is 2. The van der Waals surface area contributed by atoms with E-state index in [4.69, 9.17) is 14.7 Å². The lowest BCUT2D eigenvalue weighted by molar-refractivity contribution is -0.123. The van der Waals surface area contributed by atoms with Crippen LogP contribution in [0.2, 0.25) is 0 Å². The fourth-order valence-electron chi connectivity index (χ4n) is 1.32. The van der Waals surface area contributed by atoms with E-state index >= 15 is 0 Å². The van der Waals surface area contributed by atoms with Crippen LogP contribution in [-0.2, 0) is 9.53 Å². The lowest BCUT2D eigenvalue weighted by Gasteiger charge is -2.08. The van der Waals surface area contributed by atoms with Crippen LogP contribution < -0.4 is 10.1 Å². The van der Waals surface area contributed by atoms with E-state index in [1.807, 2.05) is 6.07 Å². The molecule has 0 saturated carbocycles. The van der Waals surface area contributed by atoms with Gasteiger partial charge in [0.05, 0.1) is 5.56 Å². The third kappa shape index (κ3) is 4.85. The van der Waals surface area contributed by atoms with E-state index in [1.54, 1.807) is 31.4 Å². The van der Waals surface area contributed by atoms with Gasteiger partial charge in [0.15, 0.2) is 6.61 Å². The van der Waals surface area contributed by atoms with Gasteiger partial charge < -0.3 is 14.8 Å². The molecule has 1 aromatic carbocycles. The summed E-state index contributed by atoms with van der Waals surface area (Å²) in [5, 5.41) is 11.5. The smallest absolute Gasteiger partial charge is 0.257 e. The summed E-state index contributed by atoms with van der Waals surface area (Å²) < 4.78 is 10.1. The van der Waals surface area contributed by atoms with Crippen LogP contribution in [0.5, 0.6) is 5.75 Å². The Morgan fingerprint density at radius 1 is 1.44 bits per heavy atom. The van der Waals surface area contributed by atoms with Gasteiger partial charge in [0.2, 0.25) is 0 Å². The predicted octanol–water partition coefficient (Wildman–Crippen LogP) is 1.09. The van der Waals surface area contributed by atoms with Crippen molar-refractivity contribution < 1.29 is 14.3 Å². The molecule has 0 radical (unpaired) electrons. The number of nitriles is 1. The van der Waals surface area contributed by atoms with Crippen molar-refractivity contribution >= 4 is 5.91 Å². The first-order valence-electron chi connectivity index (χ1n) is 5.65. The summed E-state index contributed by atoms with van der Waals surface area (Å²) in [6.07, 6.45) is 0.761. The summed E-state index contributed by atoms with van der Waals surface area (Å²) in [6, 6.07) is 8.82. The van der Waals surface area contributed by atoms with Gasteiger partial charge in [-0.25, -0.2) is 0 Å². The van der Waals surface area contributed by atoms with Crippen molar-refractivity contribution in [1.82, 2.24) is 5.32 Å². The third-order valence-corrected chi connectivity index (χ3v) is 2.21. The Bertz CT molecular complexity index is 426. The number of methoxy groups -OCH3 is 1. The maximum absolute atomic E-state index is 11.4. The molecule has 0 saturated heterocycles. The normalized spacial score (nSPS) is 9.56. The summed E-state index contributed by atoms with van der Waals surface area (Å²) in [6.45, 7) is 1.07. The minimum Gasteiger partial charge on any atom is -0.482 e. The average molecular weight is 248 g/mol. The summed E-state index contributed by atoms with van der Waals surface area (Å²) in [5.41, 5.74) is 0.421. The van der Waals surface area contributed by atoms with Crippen molar-refractivity contribution in [2.75, 3.05) is 26.9 Å². The fourth-order valence-corrected chi connectivity index (χ4v) is 1.32. The number of carbonyl (C=O) groups is 1. The van der Waals surface area contributed by atoms with E-state index in [0.29, 0.717) is 24.5 Å². The average Bonchev–Trinajstić information content (AvgIpc) is 2.41. The quantitative estimate of drug-likeness (QED) is 0.733. The minimum absolute atomic E-state index is 0.0916. The fraction of sp³-hybridized carbons (Fsp3) is 0.385. The molecule has 0 spiro atoms. The van der Waals surface area contributed by atoms with Crippen LogP contribution in [-0.4, -0.2) is 32.8 Å². The van der Waals surface area contributed by atoms with Gasteiger partial charge in [-0.2, -0.15) is 5.26 Å². The summed E-state index contributed by atoms with van der Waals surface area (Å²) in [5.74, 6) is 0.214. The number of hydrogen-bond acceptors (Lipinski definition) is 4. The molecule has 0 bridgehead atoms. The largest absolute Gasteiger partial charge is 0.482 e. The maximum Gasteiger partial charge on any atom is 0.257 e. The van der Waals surface area contributed by atoms with Gasteiger partial charge in [-0.3, -0.25) is 4.79 Å². The molecule has 1 amide bonds. The number of rotatable bonds is 7. The molecule has 5 nitrogen and oxygen atoms in total. The van der Waals surface area contributed by atoms with Crippen LogP contribution in [0.25, 0.3) is 0 Å². The number of amides is 1. The second-order valence-corrected chi connectivity index (χ2v) is 3.59. The summed E-state index contributed by atoms with van der Waals surface area (Å²) in [4.78, 5) is 11.4. The lowest BCUT2D eigenvalue weighted by atomic mass is 10.2. The second kappa shape index (κ2) is 8.09. The Morgan fingerprint density at radius 3 is 2.94 bits per heavy atom. The Morgan fingerprint density at radius 2 is 2.22 bits per heavy atom. The Hall–Kier alpha value is -2.06. The van der Waals surface area contributed by atoms with Gasteiger partial charge in [0.1, 0.15) is 11.8 Å². The van der Waals surface area contributed by atoms with E-state index < -0.39 is 0 Å². The molecule has 5 heteroatoms. The van der Waals surface area contributed by atoms with Crippen LogP contribution in [0, 0.1) is 11.3 Å². The molecule has 1 N–H and O–H groups in total. The lowest BCUT2D eigenvalue weighted by Crippen LogP contribution is -2.30. The molecule has 0 fully saturated rings. The zero-order valence-corrected chi connectivity index (χ0v) is 10.3. The summed E-state index contributed by atoms with van der Waals surface area (Å²) >= 11 is 0. The van der Waals surface area contributed by atoms with Crippen molar-refractivity contribution in [3.63, 3.8) is 0 Å². The predicted molar refractivity (Wildman–Crippen MR) is 66.2 cm³/mol. The first kappa shape index (κ1) is 14.0. The molecule has 0 aliphatic heterocycles. The van der Waals surface area contributed by atoms with Crippen molar-refractivity contribution in [1.29, 1.82) is 5.26 Å². The van der Waals surface area contributed by atoms with E-state index in [1.165, 1.54) is 0 Å². The molecule has 1 aromatic rings. The molecule has 0 unspecified atom stereocenters. The van der Waals surface area contributed by atoms with E-state index in [0.717, 1.165) is 6.42 Å². The van der Waals surface area contributed by atoms with Crippen molar-refractivity contribution in [3.8, 4) is 11.8 Å². The zero-order valence-electron chi connectivity index (χ0n) is 10.3. The second-order valence-electron chi connectivity index (χ2n) is 3.59. The standard InChI is InChI=1S/C13H16N2O3/c1-17-8-4-7-15-13(16)10-18-12-6-3-2-5-11(12)9-14/h2-3,5-6H,4,7-8,10H2,1H3,(H,15,16). The van der Waals surface area contributed by atoms with Crippen molar-refractivity contribution in [2.45, 2.75) is 6.42 Å². The number of hydrogen-bond donors (Lipinski definition) is 1. The molecular formula is C13H16N2O3. The van der Waals surface area contributed by atoms with Gasteiger partial charge >= 0.3 is 0 Å². The monoisotopic (exact) mass is 248 g/mol. The highest BCUT2D eigenvalue weighted by Crippen LogP contribution is 2.15. The Balaban J connectivity index is 2.32. The van der Waals surface area contributed by atoms with Gasteiger partial charge in [0.25, 0.3) is 5.91 Å². The topological polar surface area (TPSA) is 71.3 Å². The molecule has 0 aliphatic carbocycles. The van der Waals surface area contributed by atoms with Crippen LogP contribution in [0.4, 0.5) is 0 Å². The Labute approximate surface area is 106 Å². The molecule has 0 heterocycles. The number of nitrogens with zero attached hydrogens (tertiary/aromatic N) is 1. The molecule has 0 aliphatic rings. The summed E-state index contributed by atoms with van der Waals surface area (Å²) in [7, 11) is 1.61. The highest BCUT2D eigenvalue weighted by Gasteiger charge is 2.05. The van der Waals surface area contributed by atoms with Crippen molar-refractivity contribution in [2.24, 2.45) is 0 Å². The van der Waals surface area contributed by atoms with E-state index in [9.17, 15) is 4.79 Å². The van der Waals surface area contributed by atoms with Crippen LogP contribution >= 0.6 is 0 Å². The number of carbonyl (C=O) groups excluding carboxylic acids is 1. The molecular weight excluding hydrogens is 232 g/mol. The van der Waals surface area contributed by atoms with Crippen molar-refractivity contribution in [3.05, 3.63) is 29.8 Å². The first-order chi connectivity index (χ1) is 8.77. The number of para-hydroxylation sites is 1. The molecule has 18 heavy (non-hydrogen) atoms. The minimum atomic E-state index is -0.209. The van der Waals surface area contributed by atoms with Crippen LogP contribution in [0.3, 0.4) is 0 Å². The molecule has 0 atom stereocenters. The molecule has 96 valence electrons. The third-order valence-electron chi connectivity index (χ3n) is 2.21. The SMILES string of the molecule is COCCCNC(=O)COc1ccccc1C#N. The van der Waals surface area contributed by atoms with Crippen LogP contribution in [0.15, 0.2) is 24.3 Å². The molecule has 1 rings (SSSR count). The number of nitrogens with one attached hydrogen (secondary N) is 1. The van der Waals surface area contributed by atoms with Gasteiger partial charge in [-0.05, 0) is 18.6 Å².